The van der Waals surface area contributed by atoms with E-state index < -0.39 is 11.7 Å². The molecule has 2 saturated carbocycles. The summed E-state index contributed by atoms with van der Waals surface area (Å²) in [5.41, 5.74) is 0.201. The number of hydrogen-bond acceptors (Lipinski definition) is 1. The normalized spacial score (nSPS) is 24.5. The standard InChI is InChI=1S/C17H20F3NO/c1-10(2)21(13-7-8-13)16(22)15-9-14(15)11-3-5-12(6-4-11)17(18,19)20/h3-6,10,13-15H,7-9H2,1-2H3. The Labute approximate surface area is 128 Å². The molecule has 5 heteroatoms. The molecule has 2 aliphatic rings. The summed E-state index contributed by atoms with van der Waals surface area (Å²) in [7, 11) is 0. The fraction of sp³-hybridized carbons (Fsp3) is 0.588. The second-order valence-electron chi connectivity index (χ2n) is 6.64. The first-order chi connectivity index (χ1) is 10.3. The SMILES string of the molecule is CC(C)N(C(=O)C1CC1c1ccc(C(F)(F)F)cc1)C1CC1. The Morgan fingerprint density at radius 1 is 1.18 bits per heavy atom. The fourth-order valence-corrected chi connectivity index (χ4v) is 3.16. The summed E-state index contributed by atoms with van der Waals surface area (Å²) in [4.78, 5) is 14.6. The molecule has 0 N–H and O–H groups in total. The largest absolute Gasteiger partial charge is 0.416 e. The van der Waals surface area contributed by atoms with Gasteiger partial charge in [-0.3, -0.25) is 4.79 Å². The molecular formula is C17H20F3NO. The van der Waals surface area contributed by atoms with E-state index >= 15 is 0 Å². The van der Waals surface area contributed by atoms with E-state index in [1.54, 1.807) is 0 Å². The smallest absolute Gasteiger partial charge is 0.337 e. The third kappa shape index (κ3) is 2.99. The lowest BCUT2D eigenvalue weighted by atomic mass is 10.1. The van der Waals surface area contributed by atoms with E-state index in [9.17, 15) is 18.0 Å². The summed E-state index contributed by atoms with van der Waals surface area (Å²) >= 11 is 0. The average Bonchev–Trinajstić information content (AvgIpc) is 3.31. The van der Waals surface area contributed by atoms with Gasteiger partial charge in [0.05, 0.1) is 5.56 Å². The van der Waals surface area contributed by atoms with Gasteiger partial charge in [0.15, 0.2) is 0 Å². The maximum absolute atomic E-state index is 12.6. The molecule has 0 bridgehead atoms. The van der Waals surface area contributed by atoms with E-state index in [2.05, 4.69) is 0 Å². The van der Waals surface area contributed by atoms with Gasteiger partial charge in [-0.25, -0.2) is 0 Å². The number of benzene rings is 1. The van der Waals surface area contributed by atoms with Crippen LogP contribution >= 0.6 is 0 Å². The van der Waals surface area contributed by atoms with Crippen LogP contribution in [0.25, 0.3) is 0 Å². The molecule has 0 aliphatic heterocycles. The van der Waals surface area contributed by atoms with Gasteiger partial charge in [0, 0.05) is 18.0 Å². The summed E-state index contributed by atoms with van der Waals surface area (Å²) in [5.74, 6) is 0.192. The first-order valence-corrected chi connectivity index (χ1v) is 7.78. The number of halogens is 3. The third-order valence-corrected chi connectivity index (χ3v) is 4.52. The molecule has 0 saturated heterocycles. The van der Waals surface area contributed by atoms with Crippen molar-refractivity contribution in [2.24, 2.45) is 5.92 Å². The lowest BCUT2D eigenvalue weighted by molar-refractivity contribution is -0.137. The molecule has 1 amide bonds. The number of hydrogen-bond donors (Lipinski definition) is 0. The van der Waals surface area contributed by atoms with Crippen molar-refractivity contribution in [1.82, 2.24) is 4.90 Å². The van der Waals surface area contributed by atoms with E-state index in [1.165, 1.54) is 12.1 Å². The van der Waals surface area contributed by atoms with Gasteiger partial charge in [-0.05, 0) is 56.7 Å². The van der Waals surface area contributed by atoms with E-state index in [1.807, 2.05) is 18.7 Å². The second-order valence-corrected chi connectivity index (χ2v) is 6.64. The summed E-state index contributed by atoms with van der Waals surface area (Å²) in [6.45, 7) is 4.04. The van der Waals surface area contributed by atoms with Crippen LogP contribution in [0.3, 0.4) is 0 Å². The molecule has 0 aromatic heterocycles. The number of nitrogens with zero attached hydrogens (tertiary/aromatic N) is 1. The van der Waals surface area contributed by atoms with E-state index in [0.717, 1.165) is 37.0 Å². The average molecular weight is 311 g/mol. The highest BCUT2D eigenvalue weighted by molar-refractivity contribution is 5.83. The van der Waals surface area contributed by atoms with Crippen LogP contribution in [0.5, 0.6) is 0 Å². The highest BCUT2D eigenvalue weighted by atomic mass is 19.4. The van der Waals surface area contributed by atoms with Gasteiger partial charge in [-0.15, -0.1) is 0 Å². The zero-order valence-corrected chi connectivity index (χ0v) is 12.7. The highest BCUT2D eigenvalue weighted by Crippen LogP contribution is 2.50. The van der Waals surface area contributed by atoms with Crippen LogP contribution in [-0.2, 0) is 11.0 Å². The lowest BCUT2D eigenvalue weighted by Crippen LogP contribution is -2.40. The highest BCUT2D eigenvalue weighted by Gasteiger charge is 2.48. The Morgan fingerprint density at radius 2 is 1.77 bits per heavy atom. The van der Waals surface area contributed by atoms with Gasteiger partial charge >= 0.3 is 6.18 Å². The molecule has 22 heavy (non-hydrogen) atoms. The van der Waals surface area contributed by atoms with Crippen molar-refractivity contribution in [1.29, 1.82) is 0 Å². The molecule has 3 rings (SSSR count). The van der Waals surface area contributed by atoms with Crippen LogP contribution in [0.4, 0.5) is 13.2 Å². The maximum atomic E-state index is 12.6. The van der Waals surface area contributed by atoms with Crippen LogP contribution in [0.1, 0.15) is 50.2 Å². The summed E-state index contributed by atoms with van der Waals surface area (Å²) < 4.78 is 37.7. The van der Waals surface area contributed by atoms with Crippen LogP contribution in [0.2, 0.25) is 0 Å². The zero-order valence-electron chi connectivity index (χ0n) is 12.7. The van der Waals surface area contributed by atoms with Crippen molar-refractivity contribution in [2.45, 2.75) is 57.3 Å². The number of rotatable bonds is 4. The maximum Gasteiger partial charge on any atom is 0.416 e. The number of carbonyl (C=O) groups excluding carboxylic acids is 1. The molecule has 1 aromatic rings. The molecule has 2 atom stereocenters. The Kier molecular flexibility index (Phi) is 3.69. The monoisotopic (exact) mass is 311 g/mol. The Balaban J connectivity index is 1.67. The van der Waals surface area contributed by atoms with Gasteiger partial charge in [0.1, 0.15) is 0 Å². The predicted octanol–water partition coefficient (Wildman–Crippen LogP) is 4.21. The van der Waals surface area contributed by atoms with Gasteiger partial charge in [-0.1, -0.05) is 12.1 Å². The minimum Gasteiger partial charge on any atom is -0.337 e. The summed E-state index contributed by atoms with van der Waals surface area (Å²) in [5, 5.41) is 0. The fourth-order valence-electron chi connectivity index (χ4n) is 3.16. The first-order valence-electron chi connectivity index (χ1n) is 7.78. The second kappa shape index (κ2) is 5.28. The van der Waals surface area contributed by atoms with Crippen molar-refractivity contribution in [3.63, 3.8) is 0 Å². The first kappa shape index (κ1) is 15.4. The summed E-state index contributed by atoms with van der Waals surface area (Å²) in [6.07, 6.45) is -1.42. The van der Waals surface area contributed by atoms with E-state index in [0.29, 0.717) is 6.04 Å². The molecular weight excluding hydrogens is 291 g/mol. The van der Waals surface area contributed by atoms with Crippen molar-refractivity contribution in [2.75, 3.05) is 0 Å². The molecule has 2 nitrogen and oxygen atoms in total. The molecule has 2 aliphatic carbocycles. The predicted molar refractivity (Wildman–Crippen MR) is 77.3 cm³/mol. The lowest BCUT2D eigenvalue weighted by Gasteiger charge is -2.27. The zero-order chi connectivity index (χ0) is 16.1. The van der Waals surface area contributed by atoms with Gasteiger partial charge in [-0.2, -0.15) is 13.2 Å². The number of alkyl halides is 3. The van der Waals surface area contributed by atoms with Gasteiger partial charge < -0.3 is 4.90 Å². The number of amides is 1. The minimum absolute atomic E-state index is 0.0558. The van der Waals surface area contributed by atoms with Crippen molar-refractivity contribution in [3.8, 4) is 0 Å². The molecule has 0 heterocycles. The van der Waals surface area contributed by atoms with Crippen molar-refractivity contribution < 1.29 is 18.0 Å². The van der Waals surface area contributed by atoms with Crippen LogP contribution in [0.15, 0.2) is 24.3 Å². The third-order valence-electron chi connectivity index (χ3n) is 4.52. The number of carbonyl (C=O) groups is 1. The quantitative estimate of drug-likeness (QED) is 0.816. The van der Waals surface area contributed by atoms with E-state index in [-0.39, 0.29) is 23.8 Å². The van der Waals surface area contributed by atoms with Crippen molar-refractivity contribution >= 4 is 5.91 Å². The van der Waals surface area contributed by atoms with E-state index in [4.69, 9.17) is 0 Å². The molecule has 0 radical (unpaired) electrons. The molecule has 120 valence electrons. The Morgan fingerprint density at radius 3 is 2.23 bits per heavy atom. The van der Waals surface area contributed by atoms with Crippen LogP contribution < -0.4 is 0 Å². The van der Waals surface area contributed by atoms with Gasteiger partial charge in [0.2, 0.25) is 5.91 Å². The van der Waals surface area contributed by atoms with Gasteiger partial charge in [0.25, 0.3) is 0 Å². The molecule has 2 fully saturated rings. The Bertz CT molecular complexity index is 558. The summed E-state index contributed by atoms with van der Waals surface area (Å²) in [6, 6.07) is 5.80. The topological polar surface area (TPSA) is 20.3 Å². The van der Waals surface area contributed by atoms with Crippen molar-refractivity contribution in [3.05, 3.63) is 35.4 Å². The minimum atomic E-state index is -4.31. The molecule has 2 unspecified atom stereocenters. The molecule has 1 aromatic carbocycles. The van der Waals surface area contributed by atoms with Crippen LogP contribution in [0, 0.1) is 5.92 Å². The van der Waals surface area contributed by atoms with Crippen LogP contribution in [-0.4, -0.2) is 22.9 Å². The Hall–Kier alpha value is -1.52. The molecule has 0 spiro atoms.